The third-order valence-corrected chi connectivity index (χ3v) is 8.21. The Morgan fingerprint density at radius 2 is 1.78 bits per heavy atom. The van der Waals surface area contributed by atoms with Crippen LogP contribution >= 0.6 is 0 Å². The summed E-state index contributed by atoms with van der Waals surface area (Å²) < 4.78 is 40.9. The number of carboxylic acid groups (broad SMARTS) is 1. The van der Waals surface area contributed by atoms with Crippen molar-refractivity contribution in [2.75, 3.05) is 26.2 Å². The van der Waals surface area contributed by atoms with Crippen LogP contribution in [0, 0.1) is 0 Å². The molecular formula is C29H30F3N7O2. The monoisotopic (exact) mass is 565 g/mol. The predicted octanol–water partition coefficient (Wildman–Crippen LogP) is 5.25. The topological polar surface area (TPSA) is 111 Å². The highest BCUT2D eigenvalue weighted by Gasteiger charge is 2.32. The first kappa shape index (κ1) is 27.3. The number of halogens is 3. The number of hydrogen-bond acceptors (Lipinski definition) is 7. The van der Waals surface area contributed by atoms with E-state index in [-0.39, 0.29) is 23.4 Å². The number of carbonyl (C=O) groups is 1. The van der Waals surface area contributed by atoms with E-state index in [1.807, 2.05) is 0 Å². The van der Waals surface area contributed by atoms with Crippen LogP contribution in [0.5, 0.6) is 0 Å². The number of benzene rings is 2. The average Bonchev–Trinajstić information content (AvgIpc) is 3.52. The molecule has 2 saturated heterocycles. The second-order valence-corrected chi connectivity index (χ2v) is 10.8. The van der Waals surface area contributed by atoms with Crippen molar-refractivity contribution in [3.63, 3.8) is 0 Å². The van der Waals surface area contributed by atoms with Gasteiger partial charge >= 0.3 is 12.1 Å². The number of aromatic amines is 1. The highest BCUT2D eigenvalue weighted by Crippen LogP contribution is 2.37. The van der Waals surface area contributed by atoms with E-state index in [4.69, 9.17) is 4.98 Å². The SMILES string of the molecule is O=C(O)c1c(CN2CCC(N3CCCCC3)CC2)c(-c2cccc(C(F)(F)F)c2)nc2ccc(-c3nn[nH]n3)cc12. The predicted molar refractivity (Wildman–Crippen MR) is 146 cm³/mol. The Hall–Kier alpha value is -3.90. The third kappa shape index (κ3) is 5.66. The van der Waals surface area contributed by atoms with Crippen molar-refractivity contribution >= 4 is 16.9 Å². The standard InChI is InChI=1S/C29H30F3N7O2/c30-29(31,32)20-6-4-5-18(15-20)26-23(17-38-13-9-21(10-14-38)39-11-2-1-3-12-39)25(28(40)41)22-16-19(7-8-24(22)33-26)27-34-36-37-35-27/h4-8,15-16,21H,1-3,9-14,17H2,(H,40,41)(H,34,35,36,37). The van der Waals surface area contributed by atoms with Crippen molar-refractivity contribution in [2.24, 2.45) is 0 Å². The number of nitrogens with one attached hydrogen (secondary N) is 1. The largest absolute Gasteiger partial charge is 0.478 e. The summed E-state index contributed by atoms with van der Waals surface area (Å²) in [6.07, 6.45) is 1.09. The van der Waals surface area contributed by atoms with E-state index in [1.54, 1.807) is 24.3 Å². The molecule has 4 heterocycles. The third-order valence-electron chi connectivity index (χ3n) is 8.21. The minimum absolute atomic E-state index is 0.0194. The molecule has 0 bridgehead atoms. The van der Waals surface area contributed by atoms with Crippen LogP contribution in [-0.2, 0) is 12.7 Å². The number of piperidine rings is 2. The molecule has 2 N–H and O–H groups in total. The number of likely N-dealkylation sites (tertiary alicyclic amines) is 2. The number of rotatable bonds is 6. The lowest BCUT2D eigenvalue weighted by Crippen LogP contribution is -2.46. The van der Waals surface area contributed by atoms with Gasteiger partial charge in [-0.1, -0.05) is 18.6 Å². The number of H-pyrrole nitrogens is 1. The molecule has 2 fully saturated rings. The van der Waals surface area contributed by atoms with Crippen LogP contribution in [-0.4, -0.2) is 78.7 Å². The maximum Gasteiger partial charge on any atom is 0.416 e. The van der Waals surface area contributed by atoms with Crippen molar-refractivity contribution in [3.05, 3.63) is 59.2 Å². The smallest absolute Gasteiger partial charge is 0.416 e. The van der Waals surface area contributed by atoms with Crippen LogP contribution in [0.2, 0.25) is 0 Å². The van der Waals surface area contributed by atoms with Crippen molar-refractivity contribution in [1.29, 1.82) is 0 Å². The van der Waals surface area contributed by atoms with Crippen LogP contribution in [0.25, 0.3) is 33.5 Å². The van der Waals surface area contributed by atoms with Crippen LogP contribution in [0.3, 0.4) is 0 Å². The molecule has 0 radical (unpaired) electrons. The van der Waals surface area contributed by atoms with E-state index >= 15 is 0 Å². The van der Waals surface area contributed by atoms with Gasteiger partial charge in [-0.3, -0.25) is 4.90 Å². The number of carboxylic acids is 1. The van der Waals surface area contributed by atoms with E-state index < -0.39 is 17.7 Å². The Balaban J connectivity index is 1.43. The van der Waals surface area contributed by atoms with Gasteiger partial charge in [0.2, 0.25) is 5.82 Å². The quantitative estimate of drug-likeness (QED) is 0.326. The fourth-order valence-electron chi connectivity index (χ4n) is 6.16. The summed E-state index contributed by atoms with van der Waals surface area (Å²) >= 11 is 0. The lowest BCUT2D eigenvalue weighted by atomic mass is 9.93. The number of tetrazole rings is 1. The fraction of sp³-hybridized carbons (Fsp3) is 0.414. The molecular weight excluding hydrogens is 535 g/mol. The van der Waals surface area contributed by atoms with Crippen molar-refractivity contribution < 1.29 is 23.1 Å². The summed E-state index contributed by atoms with van der Waals surface area (Å²) in [5.74, 6) is -0.874. The van der Waals surface area contributed by atoms with Crippen LogP contribution in [0.1, 0.15) is 53.6 Å². The Morgan fingerprint density at radius 3 is 2.46 bits per heavy atom. The molecule has 6 rings (SSSR count). The molecule has 0 unspecified atom stereocenters. The molecule has 0 saturated carbocycles. The summed E-state index contributed by atoms with van der Waals surface area (Å²) in [5, 5.41) is 24.8. The fourth-order valence-corrected chi connectivity index (χ4v) is 6.16. The van der Waals surface area contributed by atoms with Gasteiger partial charge in [-0.15, -0.1) is 10.2 Å². The summed E-state index contributed by atoms with van der Waals surface area (Å²) in [4.78, 5) is 22.4. The molecule has 0 aliphatic carbocycles. The molecule has 0 atom stereocenters. The summed E-state index contributed by atoms with van der Waals surface area (Å²) in [6, 6.07) is 10.4. The van der Waals surface area contributed by atoms with Gasteiger partial charge < -0.3 is 10.0 Å². The van der Waals surface area contributed by atoms with Gasteiger partial charge in [-0.05, 0) is 87.4 Å². The molecule has 0 amide bonds. The molecule has 2 aromatic carbocycles. The number of aromatic nitrogens is 5. The second kappa shape index (κ2) is 11.2. The zero-order valence-electron chi connectivity index (χ0n) is 22.4. The Morgan fingerprint density at radius 1 is 1.00 bits per heavy atom. The summed E-state index contributed by atoms with van der Waals surface area (Å²) in [5.41, 5.74) is 0.979. The number of hydrogen-bond donors (Lipinski definition) is 2. The molecule has 2 aliphatic heterocycles. The molecule has 12 heteroatoms. The molecule has 214 valence electrons. The number of nitrogens with zero attached hydrogens (tertiary/aromatic N) is 6. The number of aromatic carboxylic acids is 1. The van der Waals surface area contributed by atoms with Crippen LogP contribution in [0.15, 0.2) is 42.5 Å². The van der Waals surface area contributed by atoms with E-state index in [0.29, 0.717) is 33.9 Å². The van der Waals surface area contributed by atoms with E-state index in [0.717, 1.165) is 51.2 Å². The maximum atomic E-state index is 13.6. The highest BCUT2D eigenvalue weighted by atomic mass is 19.4. The second-order valence-electron chi connectivity index (χ2n) is 10.8. The first-order valence-corrected chi connectivity index (χ1v) is 13.9. The first-order chi connectivity index (χ1) is 19.8. The Labute approximate surface area is 234 Å². The van der Waals surface area contributed by atoms with Crippen LogP contribution in [0.4, 0.5) is 13.2 Å². The van der Waals surface area contributed by atoms with E-state index in [9.17, 15) is 23.1 Å². The normalized spacial score (nSPS) is 17.7. The Bertz CT molecular complexity index is 1540. The average molecular weight is 566 g/mol. The summed E-state index contributed by atoms with van der Waals surface area (Å²) in [6.45, 7) is 4.03. The lowest BCUT2D eigenvalue weighted by molar-refractivity contribution is -0.137. The highest BCUT2D eigenvalue weighted by molar-refractivity contribution is 6.06. The summed E-state index contributed by atoms with van der Waals surface area (Å²) in [7, 11) is 0. The molecule has 2 aromatic heterocycles. The van der Waals surface area contributed by atoms with Crippen molar-refractivity contribution in [2.45, 2.75) is 50.9 Å². The van der Waals surface area contributed by atoms with E-state index in [2.05, 4.69) is 30.4 Å². The zero-order valence-corrected chi connectivity index (χ0v) is 22.4. The lowest BCUT2D eigenvalue weighted by Gasteiger charge is -2.40. The first-order valence-electron chi connectivity index (χ1n) is 13.9. The minimum Gasteiger partial charge on any atom is -0.478 e. The number of pyridine rings is 1. The van der Waals surface area contributed by atoms with Gasteiger partial charge in [0.1, 0.15) is 0 Å². The van der Waals surface area contributed by atoms with Crippen LogP contribution < -0.4 is 0 Å². The molecule has 9 nitrogen and oxygen atoms in total. The van der Waals surface area contributed by atoms with Gasteiger partial charge in [0, 0.05) is 34.7 Å². The Kier molecular flexibility index (Phi) is 7.43. The molecule has 41 heavy (non-hydrogen) atoms. The van der Waals surface area contributed by atoms with Crippen molar-refractivity contribution in [1.82, 2.24) is 35.4 Å². The van der Waals surface area contributed by atoms with E-state index in [1.165, 1.54) is 25.3 Å². The number of alkyl halides is 3. The maximum absolute atomic E-state index is 13.6. The van der Waals surface area contributed by atoms with Crippen molar-refractivity contribution in [3.8, 4) is 22.6 Å². The van der Waals surface area contributed by atoms with Gasteiger partial charge in [0.05, 0.1) is 22.3 Å². The van der Waals surface area contributed by atoms with Gasteiger partial charge in [-0.2, -0.15) is 18.4 Å². The van der Waals surface area contributed by atoms with Gasteiger partial charge in [0.25, 0.3) is 0 Å². The zero-order chi connectivity index (χ0) is 28.6. The molecule has 4 aromatic rings. The minimum atomic E-state index is -4.54. The number of fused-ring (bicyclic) bond motifs is 1. The molecule has 0 spiro atoms. The van der Waals surface area contributed by atoms with Gasteiger partial charge in [-0.25, -0.2) is 9.78 Å². The molecule has 2 aliphatic rings. The van der Waals surface area contributed by atoms with Gasteiger partial charge in [0.15, 0.2) is 0 Å².